The van der Waals surface area contributed by atoms with E-state index in [2.05, 4.69) is 20.7 Å². The quantitative estimate of drug-likeness (QED) is 0.701. The van der Waals surface area contributed by atoms with Crippen LogP contribution in [0.3, 0.4) is 0 Å². The van der Waals surface area contributed by atoms with Gasteiger partial charge in [0.1, 0.15) is 29.1 Å². The maximum absolute atomic E-state index is 13.7. The molecule has 1 aromatic carbocycles. The first-order valence-electron chi connectivity index (χ1n) is 8.45. The molecule has 134 valence electrons. The van der Waals surface area contributed by atoms with E-state index in [9.17, 15) is 9.18 Å². The van der Waals surface area contributed by atoms with Crippen LogP contribution in [0.4, 0.5) is 10.2 Å². The van der Waals surface area contributed by atoms with Gasteiger partial charge in [0.25, 0.3) is 5.91 Å². The van der Waals surface area contributed by atoms with Crippen molar-refractivity contribution >= 4 is 17.4 Å². The van der Waals surface area contributed by atoms with Gasteiger partial charge in [-0.25, -0.2) is 13.9 Å². The summed E-state index contributed by atoms with van der Waals surface area (Å²) in [5.74, 6) is 0.559. The van der Waals surface area contributed by atoms with Crippen LogP contribution in [0.1, 0.15) is 29.3 Å². The second-order valence-corrected chi connectivity index (χ2v) is 6.10. The zero-order valence-corrected chi connectivity index (χ0v) is 14.2. The lowest BCUT2D eigenvalue weighted by atomic mass is 10.1. The van der Waals surface area contributed by atoms with Crippen molar-refractivity contribution in [1.29, 1.82) is 0 Å². The Hall–Kier alpha value is -3.16. The van der Waals surface area contributed by atoms with E-state index < -0.39 is 0 Å². The van der Waals surface area contributed by atoms with Crippen molar-refractivity contribution in [2.45, 2.75) is 26.0 Å². The number of anilines is 1. The fourth-order valence-electron chi connectivity index (χ4n) is 2.87. The third-order valence-corrected chi connectivity index (χ3v) is 4.34. The maximum atomic E-state index is 13.7. The molecule has 1 aliphatic rings. The van der Waals surface area contributed by atoms with Crippen LogP contribution in [0.25, 0.3) is 5.65 Å². The van der Waals surface area contributed by atoms with Crippen LogP contribution in [0, 0.1) is 5.82 Å². The Balaban J connectivity index is 1.77. The summed E-state index contributed by atoms with van der Waals surface area (Å²) in [4.78, 5) is 17.0. The number of nitrogens with one attached hydrogen (secondary N) is 2. The number of carbonyl (C=O) groups excluding carboxylic acids is 1. The number of rotatable bonds is 1. The van der Waals surface area contributed by atoms with Crippen molar-refractivity contribution in [2.75, 3.05) is 11.9 Å². The molecule has 0 saturated carbocycles. The predicted octanol–water partition coefficient (Wildman–Crippen LogP) is 2.38. The normalized spacial score (nSPS) is 17.3. The molecular weight excluding hydrogens is 337 g/mol. The summed E-state index contributed by atoms with van der Waals surface area (Å²) < 4.78 is 21.3. The van der Waals surface area contributed by atoms with Crippen LogP contribution < -0.4 is 15.4 Å². The van der Waals surface area contributed by atoms with Gasteiger partial charge in [-0.05, 0) is 30.7 Å². The molecule has 0 aliphatic carbocycles. The number of fused-ring (bicyclic) bond motifs is 2. The van der Waals surface area contributed by atoms with Crippen molar-refractivity contribution in [1.82, 2.24) is 19.9 Å². The smallest absolute Gasteiger partial charge is 0.256 e. The molecule has 3 heterocycles. The Morgan fingerprint density at radius 1 is 1.35 bits per heavy atom. The van der Waals surface area contributed by atoms with Gasteiger partial charge < -0.3 is 15.4 Å². The fraction of sp³-hybridized carbons (Fsp3) is 0.278. The number of carbonyl (C=O) groups is 1. The number of hydrogen-bond acceptors (Lipinski definition) is 5. The summed E-state index contributed by atoms with van der Waals surface area (Å²) in [7, 11) is 0. The van der Waals surface area contributed by atoms with Crippen molar-refractivity contribution in [3.05, 3.63) is 53.6 Å². The second-order valence-electron chi connectivity index (χ2n) is 6.10. The molecule has 0 saturated heterocycles. The molecule has 0 fully saturated rings. The first kappa shape index (κ1) is 16.3. The van der Waals surface area contributed by atoms with Gasteiger partial charge in [0.15, 0.2) is 5.65 Å². The molecule has 26 heavy (non-hydrogen) atoms. The molecule has 8 heteroatoms. The summed E-state index contributed by atoms with van der Waals surface area (Å²) in [6.45, 7) is 2.65. The van der Waals surface area contributed by atoms with Crippen molar-refractivity contribution < 1.29 is 13.9 Å². The molecule has 0 unspecified atom stereocenters. The van der Waals surface area contributed by atoms with Gasteiger partial charge in [-0.15, -0.1) is 0 Å². The largest absolute Gasteiger partial charge is 0.488 e. The standard InChI is InChI=1S/C18H18FN5O2/c1-2-13-9-21-18(25)14-10-22-24-6-5-16(23-17(14)24)20-8-11-7-12(19)3-4-15(11)26-13/h3-7,10,13H,2,8-9H2,1H3,(H,20,23)(H,21,25)/t13-/m1/s1. The number of amides is 1. The molecule has 0 radical (unpaired) electrons. The second kappa shape index (κ2) is 6.62. The maximum Gasteiger partial charge on any atom is 0.256 e. The number of benzene rings is 1. The Kier molecular flexibility index (Phi) is 4.16. The van der Waals surface area contributed by atoms with E-state index in [0.717, 1.165) is 0 Å². The average molecular weight is 355 g/mol. The highest BCUT2D eigenvalue weighted by Crippen LogP contribution is 2.23. The third-order valence-electron chi connectivity index (χ3n) is 4.34. The van der Waals surface area contributed by atoms with E-state index in [0.29, 0.717) is 47.9 Å². The molecule has 1 amide bonds. The summed E-state index contributed by atoms with van der Waals surface area (Å²) in [6.07, 6.45) is 3.68. The minimum absolute atomic E-state index is 0.231. The highest BCUT2D eigenvalue weighted by molar-refractivity contribution is 5.99. The van der Waals surface area contributed by atoms with Crippen molar-refractivity contribution in [3.63, 3.8) is 0 Å². The fourth-order valence-corrected chi connectivity index (χ4v) is 2.87. The number of aromatic nitrogens is 3. The summed E-state index contributed by atoms with van der Waals surface area (Å²) in [5, 5.41) is 10.2. The predicted molar refractivity (Wildman–Crippen MR) is 93.8 cm³/mol. The summed E-state index contributed by atoms with van der Waals surface area (Å²) in [6, 6.07) is 6.17. The number of halogens is 1. The Morgan fingerprint density at radius 3 is 3.08 bits per heavy atom. The molecule has 3 aromatic rings. The lowest BCUT2D eigenvalue weighted by Crippen LogP contribution is -2.35. The molecule has 2 aromatic heterocycles. The van der Waals surface area contributed by atoms with Gasteiger partial charge in [-0.1, -0.05) is 6.92 Å². The van der Waals surface area contributed by atoms with Gasteiger partial charge in [-0.3, -0.25) is 4.79 Å². The van der Waals surface area contributed by atoms with Crippen LogP contribution in [-0.2, 0) is 6.54 Å². The molecule has 2 bridgehead atoms. The number of nitrogens with zero attached hydrogens (tertiary/aromatic N) is 3. The van der Waals surface area contributed by atoms with Gasteiger partial charge in [0.05, 0.1) is 12.7 Å². The highest BCUT2D eigenvalue weighted by atomic mass is 19.1. The molecule has 7 nitrogen and oxygen atoms in total. The third kappa shape index (κ3) is 3.05. The van der Waals surface area contributed by atoms with Crippen LogP contribution in [-0.4, -0.2) is 33.2 Å². The zero-order chi connectivity index (χ0) is 18.1. The highest BCUT2D eigenvalue weighted by Gasteiger charge is 2.18. The summed E-state index contributed by atoms with van der Waals surface area (Å²) in [5.41, 5.74) is 1.54. The Labute approximate surface area is 149 Å². The van der Waals surface area contributed by atoms with Crippen molar-refractivity contribution in [3.8, 4) is 5.75 Å². The van der Waals surface area contributed by atoms with E-state index in [4.69, 9.17) is 4.74 Å². The van der Waals surface area contributed by atoms with Gasteiger partial charge in [-0.2, -0.15) is 5.10 Å². The molecule has 0 spiro atoms. The van der Waals surface area contributed by atoms with E-state index in [1.165, 1.54) is 18.3 Å². The lowest BCUT2D eigenvalue weighted by Gasteiger charge is -2.20. The first-order valence-corrected chi connectivity index (χ1v) is 8.45. The molecule has 1 aliphatic heterocycles. The Bertz CT molecular complexity index is 971. The zero-order valence-electron chi connectivity index (χ0n) is 14.2. The van der Waals surface area contributed by atoms with E-state index in [1.54, 1.807) is 22.8 Å². The molecule has 2 N–H and O–H groups in total. The van der Waals surface area contributed by atoms with Crippen molar-refractivity contribution in [2.24, 2.45) is 0 Å². The van der Waals surface area contributed by atoms with Crippen LogP contribution in [0.15, 0.2) is 36.7 Å². The van der Waals surface area contributed by atoms with Crippen LogP contribution in [0.5, 0.6) is 5.75 Å². The van der Waals surface area contributed by atoms with Gasteiger partial charge in [0.2, 0.25) is 0 Å². The number of ether oxygens (including phenoxy) is 1. The van der Waals surface area contributed by atoms with Crippen LogP contribution >= 0.6 is 0 Å². The van der Waals surface area contributed by atoms with Crippen LogP contribution in [0.2, 0.25) is 0 Å². The van der Waals surface area contributed by atoms with E-state index in [-0.39, 0.29) is 17.8 Å². The van der Waals surface area contributed by atoms with E-state index >= 15 is 0 Å². The van der Waals surface area contributed by atoms with Gasteiger partial charge in [0, 0.05) is 18.3 Å². The van der Waals surface area contributed by atoms with Gasteiger partial charge >= 0.3 is 0 Å². The molecule has 1 atom stereocenters. The molecular formula is C18H18FN5O2. The summed E-state index contributed by atoms with van der Waals surface area (Å²) >= 11 is 0. The topological polar surface area (TPSA) is 80.6 Å². The average Bonchev–Trinajstić information content (AvgIpc) is 3.07. The minimum Gasteiger partial charge on any atom is -0.488 e. The monoisotopic (exact) mass is 355 g/mol. The molecule has 4 rings (SSSR count). The minimum atomic E-state index is -0.332. The SMILES string of the molecule is CC[C@@H]1CNC(=O)c2cnn3ccc(nc23)NCc2cc(F)ccc2O1. The lowest BCUT2D eigenvalue weighted by molar-refractivity contribution is 0.0927. The first-order chi connectivity index (χ1) is 12.6. The number of hydrogen-bond donors (Lipinski definition) is 2. The van der Waals surface area contributed by atoms with E-state index in [1.807, 2.05) is 6.92 Å². The Morgan fingerprint density at radius 2 is 2.23 bits per heavy atom.